The minimum atomic E-state index is -0.604. The third-order valence-corrected chi connectivity index (χ3v) is 2.83. The molecule has 0 aliphatic rings. The van der Waals surface area contributed by atoms with Gasteiger partial charge in [-0.2, -0.15) is 0 Å². The standard InChI is InChI=1S/C16H14FN3O/c1-11-6-8-19-10-15(11)20-16(21)13-9-12(3-2-7-18)4-5-14(13)17/h4-6,8-10H,7,18H2,1H3,(H,20,21). The van der Waals surface area contributed by atoms with Crippen LogP contribution < -0.4 is 11.1 Å². The van der Waals surface area contributed by atoms with Crippen molar-refractivity contribution in [1.82, 2.24) is 4.98 Å². The molecule has 0 bridgehead atoms. The Morgan fingerprint density at radius 2 is 2.24 bits per heavy atom. The van der Waals surface area contributed by atoms with Crippen LogP contribution in [0.2, 0.25) is 0 Å². The number of aromatic nitrogens is 1. The van der Waals surface area contributed by atoms with Crippen molar-refractivity contribution in [2.75, 3.05) is 11.9 Å². The maximum Gasteiger partial charge on any atom is 0.258 e. The Labute approximate surface area is 122 Å². The zero-order chi connectivity index (χ0) is 15.2. The maximum absolute atomic E-state index is 13.8. The molecule has 0 saturated carbocycles. The van der Waals surface area contributed by atoms with Crippen molar-refractivity contribution in [3.8, 4) is 11.8 Å². The van der Waals surface area contributed by atoms with E-state index in [-0.39, 0.29) is 12.1 Å². The number of nitrogens with two attached hydrogens (primary N) is 1. The molecule has 0 atom stereocenters. The van der Waals surface area contributed by atoms with Gasteiger partial charge in [0.1, 0.15) is 5.82 Å². The van der Waals surface area contributed by atoms with E-state index in [1.165, 1.54) is 24.4 Å². The van der Waals surface area contributed by atoms with Gasteiger partial charge >= 0.3 is 0 Å². The van der Waals surface area contributed by atoms with E-state index in [1.807, 2.05) is 6.92 Å². The number of carbonyl (C=O) groups is 1. The molecule has 1 heterocycles. The summed E-state index contributed by atoms with van der Waals surface area (Å²) in [7, 11) is 0. The molecule has 0 radical (unpaired) electrons. The number of carbonyl (C=O) groups excluding carboxylic acids is 1. The van der Waals surface area contributed by atoms with Crippen molar-refractivity contribution in [1.29, 1.82) is 0 Å². The number of rotatable bonds is 2. The molecule has 1 aromatic carbocycles. The van der Waals surface area contributed by atoms with E-state index < -0.39 is 11.7 Å². The summed E-state index contributed by atoms with van der Waals surface area (Å²) in [4.78, 5) is 16.1. The average molecular weight is 283 g/mol. The zero-order valence-corrected chi connectivity index (χ0v) is 11.5. The first-order valence-corrected chi connectivity index (χ1v) is 6.32. The Hall–Kier alpha value is -2.71. The molecule has 0 aliphatic carbocycles. The van der Waals surface area contributed by atoms with Crippen LogP contribution in [0, 0.1) is 24.6 Å². The van der Waals surface area contributed by atoms with Gasteiger partial charge in [0.25, 0.3) is 5.91 Å². The van der Waals surface area contributed by atoms with Crippen molar-refractivity contribution >= 4 is 11.6 Å². The second-order valence-electron chi connectivity index (χ2n) is 4.35. The fraction of sp³-hybridized carbons (Fsp3) is 0.125. The smallest absolute Gasteiger partial charge is 0.258 e. The van der Waals surface area contributed by atoms with Gasteiger partial charge in [-0.05, 0) is 36.8 Å². The van der Waals surface area contributed by atoms with Crippen molar-refractivity contribution in [3.63, 3.8) is 0 Å². The molecule has 106 valence electrons. The van der Waals surface area contributed by atoms with Crippen LogP contribution in [0.1, 0.15) is 21.5 Å². The van der Waals surface area contributed by atoms with Gasteiger partial charge in [-0.1, -0.05) is 11.8 Å². The van der Waals surface area contributed by atoms with Crippen molar-refractivity contribution in [3.05, 3.63) is 59.2 Å². The van der Waals surface area contributed by atoms with Gasteiger partial charge in [-0.25, -0.2) is 4.39 Å². The van der Waals surface area contributed by atoms with E-state index in [1.54, 1.807) is 12.3 Å². The third kappa shape index (κ3) is 3.65. The molecule has 0 spiro atoms. The molecule has 4 nitrogen and oxygen atoms in total. The largest absolute Gasteiger partial charge is 0.320 e. The highest BCUT2D eigenvalue weighted by Gasteiger charge is 2.13. The molecule has 0 saturated heterocycles. The first-order chi connectivity index (χ1) is 10.1. The molecule has 3 N–H and O–H groups in total. The summed E-state index contributed by atoms with van der Waals surface area (Å²) < 4.78 is 13.8. The number of hydrogen-bond donors (Lipinski definition) is 2. The molecule has 2 rings (SSSR count). The van der Waals surface area contributed by atoms with Gasteiger partial charge in [0.2, 0.25) is 0 Å². The van der Waals surface area contributed by atoms with E-state index in [2.05, 4.69) is 22.1 Å². The molecule has 5 heteroatoms. The second-order valence-corrected chi connectivity index (χ2v) is 4.35. The van der Waals surface area contributed by atoms with Gasteiger partial charge in [0.15, 0.2) is 0 Å². The lowest BCUT2D eigenvalue weighted by Gasteiger charge is -2.08. The number of pyridine rings is 1. The van der Waals surface area contributed by atoms with Gasteiger partial charge in [0.05, 0.1) is 24.0 Å². The molecule has 2 aromatic rings. The van der Waals surface area contributed by atoms with Crippen molar-refractivity contribution in [2.45, 2.75) is 6.92 Å². The topological polar surface area (TPSA) is 68.0 Å². The SMILES string of the molecule is Cc1ccncc1NC(=O)c1cc(C#CCN)ccc1F. The Bertz CT molecular complexity index is 732. The van der Waals surface area contributed by atoms with E-state index in [0.717, 1.165) is 5.56 Å². The number of amides is 1. The molecule has 1 aromatic heterocycles. The molecule has 0 fully saturated rings. The highest BCUT2D eigenvalue weighted by Crippen LogP contribution is 2.16. The number of aryl methyl sites for hydroxylation is 1. The van der Waals surface area contributed by atoms with Crippen LogP contribution >= 0.6 is 0 Å². The number of hydrogen-bond acceptors (Lipinski definition) is 3. The van der Waals surface area contributed by atoms with Crippen LogP contribution in [0.25, 0.3) is 0 Å². The van der Waals surface area contributed by atoms with Crippen LogP contribution in [0.3, 0.4) is 0 Å². The molecular formula is C16H14FN3O. The predicted molar refractivity (Wildman–Crippen MR) is 79.3 cm³/mol. The lowest BCUT2D eigenvalue weighted by molar-refractivity contribution is 0.102. The number of nitrogens with one attached hydrogen (secondary N) is 1. The fourth-order valence-electron chi connectivity index (χ4n) is 1.71. The summed E-state index contributed by atoms with van der Waals surface area (Å²) in [5.41, 5.74) is 7.15. The quantitative estimate of drug-likeness (QED) is 0.829. The summed E-state index contributed by atoms with van der Waals surface area (Å²) in [6.45, 7) is 2.03. The van der Waals surface area contributed by atoms with E-state index >= 15 is 0 Å². The number of nitrogens with zero attached hydrogens (tertiary/aromatic N) is 1. The molecular weight excluding hydrogens is 269 g/mol. The van der Waals surface area contributed by atoms with Crippen LogP contribution in [0.5, 0.6) is 0 Å². The van der Waals surface area contributed by atoms with Gasteiger partial charge < -0.3 is 11.1 Å². The number of halogens is 1. The summed E-state index contributed by atoms with van der Waals surface area (Å²) in [5, 5.41) is 2.64. The Morgan fingerprint density at radius 3 is 2.95 bits per heavy atom. The Morgan fingerprint density at radius 1 is 1.43 bits per heavy atom. The molecule has 0 aliphatic heterocycles. The Kier molecular flexibility index (Phi) is 4.64. The maximum atomic E-state index is 13.8. The van der Waals surface area contributed by atoms with Crippen LogP contribution in [-0.4, -0.2) is 17.4 Å². The van der Waals surface area contributed by atoms with E-state index in [0.29, 0.717) is 11.3 Å². The Balaban J connectivity index is 2.28. The van der Waals surface area contributed by atoms with Gasteiger partial charge in [-0.15, -0.1) is 0 Å². The highest BCUT2D eigenvalue weighted by atomic mass is 19.1. The highest BCUT2D eigenvalue weighted by molar-refractivity contribution is 6.04. The molecule has 0 unspecified atom stereocenters. The lowest BCUT2D eigenvalue weighted by Crippen LogP contribution is -2.15. The summed E-state index contributed by atoms with van der Waals surface area (Å²) in [5.74, 6) is 4.28. The van der Waals surface area contributed by atoms with E-state index in [4.69, 9.17) is 5.73 Å². The monoisotopic (exact) mass is 283 g/mol. The van der Waals surface area contributed by atoms with Crippen molar-refractivity contribution in [2.24, 2.45) is 5.73 Å². The van der Waals surface area contributed by atoms with Crippen LogP contribution in [0.4, 0.5) is 10.1 Å². The first kappa shape index (κ1) is 14.7. The zero-order valence-electron chi connectivity index (χ0n) is 11.5. The summed E-state index contributed by atoms with van der Waals surface area (Å²) >= 11 is 0. The molecule has 21 heavy (non-hydrogen) atoms. The van der Waals surface area contributed by atoms with E-state index in [9.17, 15) is 9.18 Å². The number of benzene rings is 1. The van der Waals surface area contributed by atoms with Crippen LogP contribution in [-0.2, 0) is 0 Å². The normalized spacial score (nSPS) is 9.67. The number of anilines is 1. The summed E-state index contributed by atoms with van der Waals surface area (Å²) in [6, 6.07) is 5.88. The lowest BCUT2D eigenvalue weighted by atomic mass is 10.1. The van der Waals surface area contributed by atoms with Crippen LogP contribution in [0.15, 0.2) is 36.7 Å². The average Bonchev–Trinajstić information content (AvgIpc) is 2.48. The van der Waals surface area contributed by atoms with Crippen molar-refractivity contribution < 1.29 is 9.18 Å². The second kappa shape index (κ2) is 6.64. The third-order valence-electron chi connectivity index (χ3n) is 2.83. The van der Waals surface area contributed by atoms with Gasteiger partial charge in [0, 0.05) is 11.8 Å². The summed E-state index contributed by atoms with van der Waals surface area (Å²) in [6.07, 6.45) is 3.14. The molecule has 1 amide bonds. The predicted octanol–water partition coefficient (Wildman–Crippen LogP) is 2.09. The minimum absolute atomic E-state index is 0.0675. The first-order valence-electron chi connectivity index (χ1n) is 6.32. The minimum Gasteiger partial charge on any atom is -0.320 e. The fourth-order valence-corrected chi connectivity index (χ4v) is 1.71. The van der Waals surface area contributed by atoms with Gasteiger partial charge in [-0.3, -0.25) is 9.78 Å².